The Morgan fingerprint density at radius 2 is 1.47 bits per heavy atom. The van der Waals surface area contributed by atoms with Crippen molar-refractivity contribution < 1.29 is 191 Å². The molecule has 12 heteroatoms. The fourth-order valence-electron chi connectivity index (χ4n) is 0.428. The third-order valence-corrected chi connectivity index (χ3v) is 0.895. The van der Waals surface area contributed by atoms with E-state index in [1.807, 2.05) is 0 Å². The van der Waals surface area contributed by atoms with Gasteiger partial charge in [-0.05, 0) is 6.42 Å². The Balaban J connectivity index is -0.0000000717. The van der Waals surface area contributed by atoms with E-state index in [0.29, 0.717) is 0 Å². The first kappa shape index (κ1) is 33.9. The molecule has 19 heavy (non-hydrogen) atoms. The fourth-order valence-corrected chi connectivity index (χ4v) is 0.428. The van der Waals surface area contributed by atoms with Gasteiger partial charge in [-0.3, -0.25) is 13.2 Å². The summed E-state index contributed by atoms with van der Waals surface area (Å²) in [5.74, 6) is -1.80. The molecular formula is C7H9K3O8S. The molecule has 0 amide bonds. The minimum atomic E-state index is -5.17. The number of esters is 1. The van der Waals surface area contributed by atoms with Gasteiger partial charge in [0.1, 0.15) is 6.61 Å². The summed E-state index contributed by atoms with van der Waals surface area (Å²) in [6.45, 7) is 3.44. The van der Waals surface area contributed by atoms with E-state index < -0.39 is 22.3 Å². The molecule has 0 rings (SSSR count). The first-order valence-electron chi connectivity index (χ1n) is 3.80. The van der Waals surface area contributed by atoms with Gasteiger partial charge in [-0.1, -0.05) is 12.7 Å². The zero-order chi connectivity index (χ0) is 13.2. The van der Waals surface area contributed by atoms with E-state index in [0.717, 1.165) is 0 Å². The molecule has 0 atom stereocenters. The molecule has 0 aromatic rings. The second kappa shape index (κ2) is 21.5. The van der Waals surface area contributed by atoms with Gasteiger partial charge in [0.2, 0.25) is 0 Å². The normalized spacial score (nSPS) is 8.11. The maximum atomic E-state index is 10.5. The van der Waals surface area contributed by atoms with Crippen molar-refractivity contribution in [1.29, 1.82) is 0 Å². The number of carboxylic acids is 1. The van der Waals surface area contributed by atoms with Gasteiger partial charge in [-0.25, -0.2) is 0 Å². The number of ether oxygens (including phenoxy) is 1. The van der Waals surface area contributed by atoms with Crippen LogP contribution in [-0.4, -0.2) is 36.1 Å². The van der Waals surface area contributed by atoms with Crippen molar-refractivity contribution in [3.63, 3.8) is 0 Å². The van der Waals surface area contributed by atoms with Gasteiger partial charge in [0.15, 0.2) is 0 Å². The molecule has 0 saturated heterocycles. The van der Waals surface area contributed by atoms with Gasteiger partial charge in [0, 0.05) is 16.4 Å². The van der Waals surface area contributed by atoms with Crippen molar-refractivity contribution in [3.8, 4) is 0 Å². The quantitative estimate of drug-likeness (QED) is 0.152. The predicted octanol–water partition coefficient (Wildman–Crippen LogP) is -11.1. The van der Waals surface area contributed by atoms with Crippen molar-refractivity contribution in [2.24, 2.45) is 0 Å². The van der Waals surface area contributed by atoms with Crippen molar-refractivity contribution in [2.45, 2.75) is 12.8 Å². The number of rotatable bonds is 5. The summed E-state index contributed by atoms with van der Waals surface area (Å²) in [5.41, 5.74) is 0. The second-order valence-electron chi connectivity index (χ2n) is 2.25. The summed E-state index contributed by atoms with van der Waals surface area (Å²) in [6, 6.07) is 0. The maximum absolute atomic E-state index is 10.5. The van der Waals surface area contributed by atoms with E-state index in [9.17, 15) is 14.7 Å². The van der Waals surface area contributed by atoms with Gasteiger partial charge in [0.25, 0.3) is 0 Å². The predicted molar refractivity (Wildman–Crippen MR) is 45.9 cm³/mol. The molecule has 0 saturated carbocycles. The Kier molecular flexibility index (Phi) is 38.3. The molecular weight excluding hydrogens is 361 g/mol. The number of hydrogen-bond acceptors (Lipinski definition) is 8. The van der Waals surface area contributed by atoms with Crippen LogP contribution in [0.2, 0.25) is 0 Å². The van der Waals surface area contributed by atoms with Crippen LogP contribution in [0.25, 0.3) is 0 Å². The summed E-state index contributed by atoms with van der Waals surface area (Å²) in [7, 11) is -5.17. The van der Waals surface area contributed by atoms with Crippen LogP contribution in [-0.2, 0) is 24.7 Å². The third kappa shape index (κ3) is 52.3. The third-order valence-electron chi connectivity index (χ3n) is 0.895. The monoisotopic (exact) mass is 370 g/mol. The fraction of sp³-hybridized carbons (Fsp3) is 0.429. The van der Waals surface area contributed by atoms with Crippen LogP contribution < -0.4 is 159 Å². The molecule has 0 radical (unpaired) electrons. The SMILES string of the molecule is C=CCOC(=O)CCC(=O)[O-].O=S(=O)([O-])[O-].[K+].[K+].[K+]. The largest absolute Gasteiger partial charge is 1.00 e. The first-order valence-corrected chi connectivity index (χ1v) is 5.13. The Labute approximate surface area is 239 Å². The first-order chi connectivity index (χ1) is 7.16. The summed E-state index contributed by atoms with van der Waals surface area (Å²) >= 11 is 0. The number of carboxylic acid groups (broad SMARTS) is 1. The second-order valence-corrected chi connectivity index (χ2v) is 3.07. The summed E-state index contributed by atoms with van der Waals surface area (Å²) in [6.07, 6.45) is 0.975. The van der Waals surface area contributed by atoms with Gasteiger partial charge < -0.3 is 23.7 Å². The molecule has 0 N–H and O–H groups in total. The van der Waals surface area contributed by atoms with Crippen LogP contribution in [0.15, 0.2) is 12.7 Å². The number of carbonyl (C=O) groups excluding carboxylic acids is 2. The van der Waals surface area contributed by atoms with Gasteiger partial charge in [-0.15, -0.1) is 0 Å². The van der Waals surface area contributed by atoms with Gasteiger partial charge in [0.05, 0.1) is 6.42 Å². The molecule has 94 valence electrons. The van der Waals surface area contributed by atoms with E-state index >= 15 is 0 Å². The molecule has 0 aliphatic heterocycles. The smallest absolute Gasteiger partial charge is 0.759 e. The Morgan fingerprint density at radius 3 is 1.74 bits per heavy atom. The Bertz CT molecular complexity index is 334. The van der Waals surface area contributed by atoms with Crippen LogP contribution in [0.5, 0.6) is 0 Å². The van der Waals surface area contributed by atoms with E-state index in [4.69, 9.17) is 17.5 Å². The number of aliphatic carboxylic acids is 1. The average Bonchev–Trinajstić information content (AvgIpc) is 2.08. The van der Waals surface area contributed by atoms with Crippen molar-refractivity contribution >= 4 is 22.3 Å². The summed E-state index contributed by atoms with van der Waals surface area (Å²) in [5, 5.41) is 9.84. The minimum Gasteiger partial charge on any atom is -0.759 e. The van der Waals surface area contributed by atoms with Crippen LogP contribution in [0.1, 0.15) is 12.8 Å². The Hall–Kier alpha value is 3.46. The number of carbonyl (C=O) groups is 2. The molecule has 0 bridgehead atoms. The maximum Gasteiger partial charge on any atom is 1.00 e. The van der Waals surface area contributed by atoms with Crippen LogP contribution in [0.3, 0.4) is 0 Å². The van der Waals surface area contributed by atoms with E-state index in [2.05, 4.69) is 11.3 Å². The summed E-state index contributed by atoms with van der Waals surface area (Å²) < 4.78 is 38.6. The molecule has 0 spiro atoms. The molecule has 0 heterocycles. The van der Waals surface area contributed by atoms with Gasteiger partial charge in [-0.2, -0.15) is 0 Å². The molecule has 0 unspecified atom stereocenters. The Morgan fingerprint density at radius 1 is 1.11 bits per heavy atom. The molecule has 0 aliphatic carbocycles. The van der Waals surface area contributed by atoms with Crippen LogP contribution >= 0.6 is 0 Å². The minimum absolute atomic E-state index is 0. The van der Waals surface area contributed by atoms with Gasteiger partial charge >= 0.3 is 160 Å². The number of hydrogen-bond donors (Lipinski definition) is 0. The van der Waals surface area contributed by atoms with Crippen molar-refractivity contribution in [3.05, 3.63) is 12.7 Å². The molecule has 0 aromatic carbocycles. The van der Waals surface area contributed by atoms with Crippen molar-refractivity contribution in [1.82, 2.24) is 0 Å². The zero-order valence-electron chi connectivity index (χ0n) is 11.1. The molecule has 8 nitrogen and oxygen atoms in total. The van der Waals surface area contributed by atoms with E-state index in [-0.39, 0.29) is 174 Å². The average molecular weight is 371 g/mol. The van der Waals surface area contributed by atoms with E-state index in [1.54, 1.807) is 0 Å². The molecule has 0 fully saturated rings. The van der Waals surface area contributed by atoms with Crippen molar-refractivity contribution in [2.75, 3.05) is 6.61 Å². The zero-order valence-corrected chi connectivity index (χ0v) is 21.3. The standard InChI is InChI=1S/C7H10O4.3K.H2O4S/c1-2-5-11-7(10)4-3-6(8)9;;;;1-5(2,3)4/h2H,1,3-5H2,(H,8,9);;;;(H2,1,2,3,4)/q;3*+1;/p-3. The summed E-state index contributed by atoms with van der Waals surface area (Å²) in [4.78, 5) is 20.4. The van der Waals surface area contributed by atoms with Crippen LogP contribution in [0.4, 0.5) is 0 Å². The van der Waals surface area contributed by atoms with E-state index in [1.165, 1.54) is 6.08 Å². The molecule has 0 aromatic heterocycles. The van der Waals surface area contributed by atoms with Crippen LogP contribution in [0, 0.1) is 0 Å². The topological polar surface area (TPSA) is 147 Å². The molecule has 0 aliphatic rings.